The van der Waals surface area contributed by atoms with Crippen LogP contribution in [0.5, 0.6) is 0 Å². The van der Waals surface area contributed by atoms with Crippen LogP contribution in [0.25, 0.3) is 0 Å². The first kappa shape index (κ1) is 19.5. The van der Waals surface area contributed by atoms with Gasteiger partial charge in [-0.2, -0.15) is 4.98 Å². The summed E-state index contributed by atoms with van der Waals surface area (Å²) in [5, 5.41) is 3.99. The molecule has 2 aromatic heterocycles. The molecule has 7 nitrogen and oxygen atoms in total. The van der Waals surface area contributed by atoms with E-state index < -0.39 is 0 Å². The number of nitrogen functional groups attached to an aromatic ring is 1. The minimum Gasteiger partial charge on any atom is -0.368 e. The van der Waals surface area contributed by atoms with Crippen molar-refractivity contribution in [1.29, 1.82) is 0 Å². The summed E-state index contributed by atoms with van der Waals surface area (Å²) >= 11 is 0. The van der Waals surface area contributed by atoms with Crippen LogP contribution in [0.2, 0.25) is 0 Å². The maximum absolute atomic E-state index is 5.84. The highest BCUT2D eigenvalue weighted by molar-refractivity contribution is 5.85. The van der Waals surface area contributed by atoms with Crippen LogP contribution in [0, 0.1) is 6.92 Å². The lowest BCUT2D eigenvalue weighted by Gasteiger charge is -2.32. The minimum absolute atomic E-state index is 0. The van der Waals surface area contributed by atoms with E-state index in [0.29, 0.717) is 18.4 Å². The first-order valence-corrected chi connectivity index (χ1v) is 7.04. The molecule has 2 heterocycles. The van der Waals surface area contributed by atoms with Crippen LogP contribution in [-0.4, -0.2) is 28.2 Å². The number of nitrogens with two attached hydrogens (primary N) is 2. The van der Waals surface area contributed by atoms with Crippen molar-refractivity contribution in [2.75, 3.05) is 17.7 Å². The van der Waals surface area contributed by atoms with Gasteiger partial charge in [-0.15, -0.1) is 24.8 Å². The van der Waals surface area contributed by atoms with Crippen LogP contribution in [0.4, 0.5) is 11.8 Å². The normalized spacial score (nSPS) is 19.3. The molecule has 0 saturated heterocycles. The lowest BCUT2D eigenvalue weighted by atomic mass is 9.78. The van der Waals surface area contributed by atoms with Gasteiger partial charge in [0, 0.05) is 31.1 Å². The van der Waals surface area contributed by atoms with Gasteiger partial charge in [-0.1, -0.05) is 5.16 Å². The highest BCUT2D eigenvalue weighted by Crippen LogP contribution is 2.35. The molecule has 1 aliphatic carbocycles. The van der Waals surface area contributed by atoms with Crippen molar-refractivity contribution in [1.82, 2.24) is 15.1 Å². The average molecular weight is 361 g/mol. The second kappa shape index (κ2) is 7.81. The van der Waals surface area contributed by atoms with E-state index in [-0.39, 0.29) is 30.9 Å². The quantitative estimate of drug-likeness (QED) is 0.858. The molecule has 0 bridgehead atoms. The Labute approximate surface area is 147 Å². The molecule has 0 spiro atoms. The number of rotatable bonds is 4. The highest BCUT2D eigenvalue weighted by Gasteiger charge is 2.29. The van der Waals surface area contributed by atoms with Crippen molar-refractivity contribution < 1.29 is 4.52 Å². The third-order valence-corrected chi connectivity index (χ3v) is 3.81. The van der Waals surface area contributed by atoms with Crippen LogP contribution in [0.3, 0.4) is 0 Å². The van der Waals surface area contributed by atoms with E-state index in [1.807, 2.05) is 31.0 Å². The molecule has 0 aliphatic heterocycles. The number of aromatic nitrogens is 3. The van der Waals surface area contributed by atoms with Crippen molar-refractivity contribution in [2.24, 2.45) is 5.73 Å². The number of nitrogens with zero attached hydrogens (tertiary/aromatic N) is 4. The van der Waals surface area contributed by atoms with Gasteiger partial charge in [-0.25, -0.2) is 4.98 Å². The highest BCUT2D eigenvalue weighted by atomic mass is 35.5. The zero-order valence-electron chi connectivity index (χ0n) is 13.1. The van der Waals surface area contributed by atoms with Crippen molar-refractivity contribution in [3.8, 4) is 0 Å². The van der Waals surface area contributed by atoms with E-state index in [9.17, 15) is 0 Å². The third kappa shape index (κ3) is 4.46. The van der Waals surface area contributed by atoms with E-state index >= 15 is 0 Å². The summed E-state index contributed by atoms with van der Waals surface area (Å²) in [7, 11) is 1.95. The smallest absolute Gasteiger partial charge is 0.222 e. The molecule has 2 aromatic rings. The fourth-order valence-electron chi connectivity index (χ4n) is 2.60. The fraction of sp³-hybridized carbons (Fsp3) is 0.500. The zero-order chi connectivity index (χ0) is 15.0. The SMILES string of the molecule is Cc1cc(CN(C)c2cc(C3CC(N)C3)nc(N)n2)no1.Cl.Cl. The second-order valence-electron chi connectivity index (χ2n) is 5.72. The monoisotopic (exact) mass is 360 g/mol. The molecular weight excluding hydrogens is 339 g/mol. The Kier molecular flexibility index (Phi) is 6.61. The molecular formula is C14H22Cl2N6O. The Morgan fingerprint density at radius 2 is 1.96 bits per heavy atom. The van der Waals surface area contributed by atoms with Gasteiger partial charge >= 0.3 is 0 Å². The molecule has 0 atom stereocenters. The van der Waals surface area contributed by atoms with Gasteiger partial charge < -0.3 is 20.9 Å². The summed E-state index contributed by atoms with van der Waals surface area (Å²) < 4.78 is 5.08. The number of halogens is 2. The van der Waals surface area contributed by atoms with Crippen LogP contribution in [-0.2, 0) is 6.54 Å². The molecule has 1 fully saturated rings. The van der Waals surface area contributed by atoms with Crippen molar-refractivity contribution in [3.05, 3.63) is 29.3 Å². The predicted octanol–water partition coefficient (Wildman–Crippen LogP) is 2.04. The van der Waals surface area contributed by atoms with Crippen LogP contribution >= 0.6 is 24.8 Å². The molecule has 0 radical (unpaired) electrons. The summed E-state index contributed by atoms with van der Waals surface area (Å²) in [6, 6.07) is 4.18. The Balaban J connectivity index is 0.00000132. The van der Waals surface area contributed by atoms with Gasteiger partial charge in [0.2, 0.25) is 5.95 Å². The second-order valence-corrected chi connectivity index (χ2v) is 5.72. The van der Waals surface area contributed by atoms with Gasteiger partial charge in [0.25, 0.3) is 0 Å². The molecule has 0 unspecified atom stereocenters. The molecule has 128 valence electrons. The summed E-state index contributed by atoms with van der Waals surface area (Å²) in [6.45, 7) is 2.48. The van der Waals surface area contributed by atoms with E-state index in [2.05, 4.69) is 15.1 Å². The van der Waals surface area contributed by atoms with E-state index in [1.54, 1.807) is 0 Å². The number of anilines is 2. The van der Waals surface area contributed by atoms with Crippen molar-refractivity contribution in [2.45, 2.75) is 38.3 Å². The summed E-state index contributed by atoms with van der Waals surface area (Å²) in [5.41, 5.74) is 13.5. The summed E-state index contributed by atoms with van der Waals surface area (Å²) in [4.78, 5) is 10.6. The third-order valence-electron chi connectivity index (χ3n) is 3.81. The molecule has 0 amide bonds. The van der Waals surface area contributed by atoms with Crippen molar-refractivity contribution >= 4 is 36.6 Å². The van der Waals surface area contributed by atoms with Gasteiger partial charge in [0.05, 0.1) is 12.2 Å². The largest absolute Gasteiger partial charge is 0.368 e. The maximum Gasteiger partial charge on any atom is 0.222 e. The Bertz CT molecular complexity index is 644. The lowest BCUT2D eigenvalue weighted by Crippen LogP contribution is -2.35. The minimum atomic E-state index is 0. The Morgan fingerprint density at radius 1 is 1.26 bits per heavy atom. The summed E-state index contributed by atoms with van der Waals surface area (Å²) in [6.07, 6.45) is 1.92. The number of aryl methyl sites for hydroxylation is 1. The maximum atomic E-state index is 5.84. The lowest BCUT2D eigenvalue weighted by molar-refractivity contribution is 0.345. The standard InChI is InChI=1S/C14H20N6O.2ClH/c1-8-3-11(19-21-8)7-20(2)13-6-12(17-14(16)18-13)9-4-10(15)5-9;;/h3,6,9-10H,4-5,7,15H2,1-2H3,(H2,16,17,18);2*1H. The summed E-state index contributed by atoms with van der Waals surface area (Å²) in [5.74, 6) is 2.28. The van der Waals surface area contributed by atoms with Crippen molar-refractivity contribution in [3.63, 3.8) is 0 Å². The molecule has 9 heteroatoms. The zero-order valence-corrected chi connectivity index (χ0v) is 14.7. The van der Waals surface area contributed by atoms with Gasteiger partial charge in [0.15, 0.2) is 0 Å². The van der Waals surface area contributed by atoms with Gasteiger partial charge in [-0.05, 0) is 19.8 Å². The number of hydrogen-bond donors (Lipinski definition) is 2. The fourth-order valence-corrected chi connectivity index (χ4v) is 2.60. The molecule has 4 N–H and O–H groups in total. The average Bonchev–Trinajstić information content (AvgIpc) is 2.79. The first-order valence-electron chi connectivity index (χ1n) is 7.04. The van der Waals surface area contributed by atoms with E-state index in [0.717, 1.165) is 35.8 Å². The molecule has 3 rings (SSSR count). The van der Waals surface area contributed by atoms with Gasteiger partial charge in [0.1, 0.15) is 17.3 Å². The topological polar surface area (TPSA) is 107 Å². The molecule has 23 heavy (non-hydrogen) atoms. The predicted molar refractivity (Wildman–Crippen MR) is 94.2 cm³/mol. The molecule has 1 aliphatic rings. The van der Waals surface area contributed by atoms with Crippen LogP contribution in [0.15, 0.2) is 16.7 Å². The first-order chi connectivity index (χ1) is 10.0. The van der Waals surface area contributed by atoms with E-state index in [1.165, 1.54) is 0 Å². The van der Waals surface area contributed by atoms with Crippen LogP contribution in [0.1, 0.15) is 35.9 Å². The van der Waals surface area contributed by atoms with E-state index in [4.69, 9.17) is 16.0 Å². The molecule has 1 saturated carbocycles. The Morgan fingerprint density at radius 3 is 2.52 bits per heavy atom. The number of hydrogen-bond acceptors (Lipinski definition) is 7. The molecule has 0 aromatic carbocycles. The van der Waals surface area contributed by atoms with Gasteiger partial charge in [-0.3, -0.25) is 0 Å². The van der Waals surface area contributed by atoms with Crippen LogP contribution < -0.4 is 16.4 Å². The Hall–Kier alpha value is -1.57.